The smallest absolute Gasteiger partial charge is 0.300 e. The summed E-state index contributed by atoms with van der Waals surface area (Å²) in [5, 5.41) is 22.4. The quantitative estimate of drug-likeness (QED) is 0.230. The van der Waals surface area contributed by atoms with Crippen LogP contribution in [0.25, 0.3) is 5.76 Å². The van der Waals surface area contributed by atoms with Gasteiger partial charge in [-0.05, 0) is 73.5 Å². The lowest BCUT2D eigenvalue weighted by atomic mass is 9.94. The second-order valence-corrected chi connectivity index (χ2v) is 8.98. The van der Waals surface area contributed by atoms with Crippen molar-refractivity contribution in [3.8, 4) is 17.2 Å². The van der Waals surface area contributed by atoms with Gasteiger partial charge in [0.1, 0.15) is 11.5 Å². The van der Waals surface area contributed by atoms with Gasteiger partial charge in [0.25, 0.3) is 11.7 Å². The molecule has 7 nitrogen and oxygen atoms in total. The Kier molecular flexibility index (Phi) is 7.15. The van der Waals surface area contributed by atoms with Crippen LogP contribution in [0.5, 0.6) is 17.2 Å². The van der Waals surface area contributed by atoms with Crippen LogP contribution < -0.4 is 14.4 Å². The number of anilines is 1. The van der Waals surface area contributed by atoms with Gasteiger partial charge in [-0.25, -0.2) is 0 Å². The Balaban J connectivity index is 2.02. The van der Waals surface area contributed by atoms with Crippen molar-refractivity contribution in [3.05, 3.63) is 86.9 Å². The zero-order chi connectivity index (χ0) is 26.1. The van der Waals surface area contributed by atoms with E-state index in [2.05, 4.69) is 0 Å². The molecule has 1 aliphatic rings. The lowest BCUT2D eigenvalue weighted by Gasteiger charge is -2.27. The largest absolute Gasteiger partial charge is 0.507 e. The number of phenolic OH excluding ortho intramolecular Hbond substituents is 1. The summed E-state index contributed by atoms with van der Waals surface area (Å²) < 4.78 is 10.9. The van der Waals surface area contributed by atoms with Crippen LogP contribution in [0, 0.1) is 6.92 Å². The number of amides is 1. The number of nitrogens with zero attached hydrogens (tertiary/aromatic N) is 1. The number of rotatable bonds is 6. The number of hydrogen-bond acceptors (Lipinski definition) is 6. The van der Waals surface area contributed by atoms with Gasteiger partial charge in [-0.2, -0.15) is 0 Å². The molecular formula is C27H23Cl2NO6. The van der Waals surface area contributed by atoms with E-state index >= 15 is 0 Å². The molecule has 4 rings (SSSR count). The topological polar surface area (TPSA) is 96.3 Å². The molecule has 9 heteroatoms. The van der Waals surface area contributed by atoms with Crippen LogP contribution in [0.15, 0.2) is 60.2 Å². The predicted octanol–water partition coefficient (Wildman–Crippen LogP) is 6.04. The third-order valence-electron chi connectivity index (χ3n) is 5.88. The van der Waals surface area contributed by atoms with Gasteiger partial charge in [0, 0.05) is 15.7 Å². The fourth-order valence-corrected chi connectivity index (χ4v) is 4.67. The summed E-state index contributed by atoms with van der Waals surface area (Å²) in [6.45, 7) is 3.81. The highest BCUT2D eigenvalue weighted by molar-refractivity contribution is 6.52. The molecule has 0 bridgehead atoms. The Morgan fingerprint density at radius 3 is 2.36 bits per heavy atom. The number of methoxy groups -OCH3 is 1. The normalized spacial score (nSPS) is 16.9. The van der Waals surface area contributed by atoms with Crippen LogP contribution in [-0.2, 0) is 9.59 Å². The van der Waals surface area contributed by atoms with Gasteiger partial charge in [-0.15, -0.1) is 0 Å². The lowest BCUT2D eigenvalue weighted by molar-refractivity contribution is -0.132. The summed E-state index contributed by atoms with van der Waals surface area (Å²) in [6, 6.07) is 13.0. The molecule has 36 heavy (non-hydrogen) atoms. The number of hydrogen-bond donors (Lipinski definition) is 2. The third kappa shape index (κ3) is 4.47. The molecule has 3 aromatic rings. The number of aryl methyl sites for hydroxylation is 1. The maximum Gasteiger partial charge on any atom is 0.300 e. The molecule has 0 radical (unpaired) electrons. The van der Waals surface area contributed by atoms with E-state index in [-0.39, 0.29) is 35.0 Å². The molecule has 0 aliphatic carbocycles. The molecule has 1 saturated heterocycles. The minimum Gasteiger partial charge on any atom is -0.507 e. The number of aromatic hydroxyl groups is 1. The Hall–Kier alpha value is -3.68. The molecule has 1 atom stereocenters. The molecule has 1 amide bonds. The van der Waals surface area contributed by atoms with E-state index < -0.39 is 23.5 Å². The Bertz CT molecular complexity index is 1400. The Morgan fingerprint density at radius 2 is 1.69 bits per heavy atom. The Morgan fingerprint density at radius 1 is 1.00 bits per heavy atom. The number of phenols is 1. The van der Waals surface area contributed by atoms with E-state index in [4.69, 9.17) is 32.7 Å². The van der Waals surface area contributed by atoms with Crippen molar-refractivity contribution >= 4 is 46.3 Å². The number of benzene rings is 3. The zero-order valence-electron chi connectivity index (χ0n) is 19.7. The van der Waals surface area contributed by atoms with Gasteiger partial charge < -0.3 is 19.7 Å². The molecule has 2 N–H and O–H groups in total. The van der Waals surface area contributed by atoms with Gasteiger partial charge >= 0.3 is 0 Å². The molecule has 0 spiro atoms. The highest BCUT2D eigenvalue weighted by Crippen LogP contribution is 2.46. The van der Waals surface area contributed by atoms with E-state index in [1.165, 1.54) is 30.2 Å². The average molecular weight is 528 g/mol. The first kappa shape index (κ1) is 25.4. The molecule has 0 saturated carbocycles. The summed E-state index contributed by atoms with van der Waals surface area (Å²) in [5.74, 6) is -1.83. The number of aliphatic hydroxyl groups excluding tert-OH is 1. The monoisotopic (exact) mass is 527 g/mol. The SMILES string of the molecule is CCOc1cc(C2/C(=C(\O)c3cc(Cl)ccc3OC)C(=O)C(=O)N2c2ccc(Cl)cc2C)ccc1O. The van der Waals surface area contributed by atoms with E-state index in [0.717, 1.165) is 0 Å². The van der Waals surface area contributed by atoms with E-state index in [9.17, 15) is 19.8 Å². The van der Waals surface area contributed by atoms with Gasteiger partial charge in [0.2, 0.25) is 0 Å². The fraction of sp³-hybridized carbons (Fsp3) is 0.185. The number of carbonyl (C=O) groups is 2. The van der Waals surface area contributed by atoms with Crippen LogP contribution >= 0.6 is 23.2 Å². The van der Waals surface area contributed by atoms with E-state index in [1.54, 1.807) is 50.2 Å². The molecule has 0 aromatic heterocycles. The molecule has 1 heterocycles. The van der Waals surface area contributed by atoms with Crippen molar-refractivity contribution in [2.24, 2.45) is 0 Å². The van der Waals surface area contributed by atoms with Crippen molar-refractivity contribution in [3.63, 3.8) is 0 Å². The predicted molar refractivity (Wildman–Crippen MR) is 138 cm³/mol. The van der Waals surface area contributed by atoms with Crippen LogP contribution in [0.4, 0.5) is 5.69 Å². The first-order valence-electron chi connectivity index (χ1n) is 11.0. The molecule has 1 fully saturated rings. The maximum absolute atomic E-state index is 13.4. The second-order valence-electron chi connectivity index (χ2n) is 8.10. The van der Waals surface area contributed by atoms with Crippen LogP contribution in [0.3, 0.4) is 0 Å². The first-order chi connectivity index (χ1) is 17.2. The number of ketones is 1. The van der Waals surface area contributed by atoms with Gasteiger partial charge in [0.15, 0.2) is 11.5 Å². The summed E-state index contributed by atoms with van der Waals surface area (Å²) in [6.07, 6.45) is 0. The van der Waals surface area contributed by atoms with E-state index in [1.807, 2.05) is 0 Å². The number of aliphatic hydroxyl groups is 1. The van der Waals surface area contributed by atoms with Crippen LogP contribution in [0.1, 0.15) is 29.7 Å². The summed E-state index contributed by atoms with van der Waals surface area (Å²) in [5.41, 5.74) is 1.52. The number of Topliss-reactive ketones (excluding diaryl/α,β-unsaturated/α-hetero) is 1. The summed E-state index contributed by atoms with van der Waals surface area (Å²) in [4.78, 5) is 28.2. The standard InChI is InChI=1S/C27H23Cl2NO6/c1-4-36-22-12-15(5-9-20(22)31)24-23(25(32)18-13-17(29)7-10-21(18)35-3)26(33)27(34)30(24)19-8-6-16(28)11-14(19)2/h5-13,24,31-32H,4H2,1-3H3/b25-23+. The highest BCUT2D eigenvalue weighted by Gasteiger charge is 2.47. The Labute approximate surface area is 218 Å². The second kappa shape index (κ2) is 10.1. The van der Waals surface area contributed by atoms with Gasteiger partial charge in [-0.1, -0.05) is 29.3 Å². The van der Waals surface area contributed by atoms with Crippen molar-refractivity contribution < 1.29 is 29.3 Å². The van der Waals surface area contributed by atoms with Crippen molar-refractivity contribution in [1.29, 1.82) is 0 Å². The van der Waals surface area contributed by atoms with Gasteiger partial charge in [-0.3, -0.25) is 14.5 Å². The molecule has 3 aromatic carbocycles. The fourth-order valence-electron chi connectivity index (χ4n) is 4.27. The summed E-state index contributed by atoms with van der Waals surface area (Å²) in [7, 11) is 1.42. The van der Waals surface area contributed by atoms with Crippen LogP contribution in [-0.4, -0.2) is 35.6 Å². The maximum atomic E-state index is 13.4. The third-order valence-corrected chi connectivity index (χ3v) is 6.35. The zero-order valence-corrected chi connectivity index (χ0v) is 21.2. The first-order valence-corrected chi connectivity index (χ1v) is 11.8. The lowest BCUT2D eigenvalue weighted by Crippen LogP contribution is -2.30. The van der Waals surface area contributed by atoms with Crippen LogP contribution in [0.2, 0.25) is 10.0 Å². The molecular weight excluding hydrogens is 505 g/mol. The average Bonchev–Trinajstić information content (AvgIpc) is 3.10. The van der Waals surface area contributed by atoms with Crippen molar-refractivity contribution in [2.75, 3.05) is 18.6 Å². The molecule has 186 valence electrons. The minimum absolute atomic E-state index is 0.100. The van der Waals surface area contributed by atoms with Crippen molar-refractivity contribution in [1.82, 2.24) is 0 Å². The number of halogens is 2. The van der Waals surface area contributed by atoms with E-state index in [0.29, 0.717) is 26.9 Å². The molecule has 1 aliphatic heterocycles. The molecule has 1 unspecified atom stereocenters. The highest BCUT2D eigenvalue weighted by atomic mass is 35.5. The van der Waals surface area contributed by atoms with Gasteiger partial charge in [0.05, 0.1) is 30.9 Å². The number of ether oxygens (including phenoxy) is 2. The number of carbonyl (C=O) groups excluding carboxylic acids is 2. The minimum atomic E-state index is -1.05. The van der Waals surface area contributed by atoms with Crippen molar-refractivity contribution in [2.45, 2.75) is 19.9 Å². The summed E-state index contributed by atoms with van der Waals surface area (Å²) >= 11 is 12.3.